The molecule has 27 heavy (non-hydrogen) atoms. The van der Waals surface area contributed by atoms with Gasteiger partial charge in [-0.05, 0) is 30.7 Å². The number of hydrogen-bond donors (Lipinski definition) is 0. The summed E-state index contributed by atoms with van der Waals surface area (Å²) in [6, 6.07) is 13.9. The molecule has 0 saturated carbocycles. The van der Waals surface area contributed by atoms with Gasteiger partial charge in [-0.15, -0.1) is 5.10 Å². The van der Waals surface area contributed by atoms with E-state index in [9.17, 15) is 9.59 Å². The SMILES string of the molecule is CCCOc1ccccc1OCC(=O)OCn1nnc2ccccc2c1=O. The predicted molar refractivity (Wildman–Crippen MR) is 97.6 cm³/mol. The van der Waals surface area contributed by atoms with Crippen molar-refractivity contribution in [1.82, 2.24) is 15.0 Å². The van der Waals surface area contributed by atoms with Crippen molar-refractivity contribution in [1.29, 1.82) is 0 Å². The van der Waals surface area contributed by atoms with Crippen molar-refractivity contribution in [3.63, 3.8) is 0 Å². The number of rotatable bonds is 8. The Hall–Kier alpha value is -3.42. The summed E-state index contributed by atoms with van der Waals surface area (Å²) in [5.41, 5.74) is 0.102. The maximum atomic E-state index is 12.3. The molecule has 0 aliphatic heterocycles. The molecule has 1 heterocycles. The topological polar surface area (TPSA) is 92.5 Å². The molecule has 0 bridgehead atoms. The molecule has 3 aromatic rings. The first-order valence-electron chi connectivity index (χ1n) is 8.52. The lowest BCUT2D eigenvalue weighted by atomic mass is 10.2. The summed E-state index contributed by atoms with van der Waals surface area (Å²) >= 11 is 0. The van der Waals surface area contributed by atoms with Crippen molar-refractivity contribution in [2.45, 2.75) is 20.1 Å². The van der Waals surface area contributed by atoms with E-state index >= 15 is 0 Å². The lowest BCUT2D eigenvalue weighted by Crippen LogP contribution is -2.27. The van der Waals surface area contributed by atoms with Crippen LogP contribution in [0.2, 0.25) is 0 Å². The molecule has 2 aromatic carbocycles. The second-order valence-electron chi connectivity index (χ2n) is 5.64. The average molecular weight is 369 g/mol. The van der Waals surface area contributed by atoms with Gasteiger partial charge in [0.2, 0.25) is 0 Å². The number of ether oxygens (including phenoxy) is 3. The van der Waals surface area contributed by atoms with Crippen LogP contribution in [0.4, 0.5) is 0 Å². The summed E-state index contributed by atoms with van der Waals surface area (Å²) in [7, 11) is 0. The van der Waals surface area contributed by atoms with Crippen molar-refractivity contribution in [3.8, 4) is 11.5 Å². The van der Waals surface area contributed by atoms with E-state index in [1.165, 1.54) is 0 Å². The van der Waals surface area contributed by atoms with Gasteiger partial charge in [-0.3, -0.25) is 4.79 Å². The highest BCUT2D eigenvalue weighted by Gasteiger charge is 2.10. The van der Waals surface area contributed by atoms with Gasteiger partial charge >= 0.3 is 5.97 Å². The Labute approximate surface area is 155 Å². The van der Waals surface area contributed by atoms with Crippen molar-refractivity contribution in [3.05, 3.63) is 58.9 Å². The summed E-state index contributed by atoms with van der Waals surface area (Å²) in [4.78, 5) is 24.2. The number of para-hydroxylation sites is 2. The van der Waals surface area contributed by atoms with Gasteiger partial charge in [-0.2, -0.15) is 4.68 Å². The van der Waals surface area contributed by atoms with E-state index in [1.807, 2.05) is 13.0 Å². The van der Waals surface area contributed by atoms with Gasteiger partial charge in [0, 0.05) is 0 Å². The lowest BCUT2D eigenvalue weighted by molar-refractivity contribution is -0.150. The standard InChI is InChI=1S/C19H19N3O5/c1-2-11-25-16-9-5-6-10-17(16)26-12-18(23)27-13-22-19(24)14-7-3-4-8-15(14)20-21-22/h3-10H,2,11-13H2,1H3. The highest BCUT2D eigenvalue weighted by atomic mass is 16.6. The van der Waals surface area contributed by atoms with E-state index in [0.717, 1.165) is 11.1 Å². The summed E-state index contributed by atoms with van der Waals surface area (Å²) in [5, 5.41) is 8.09. The highest BCUT2D eigenvalue weighted by molar-refractivity contribution is 5.76. The first-order valence-corrected chi connectivity index (χ1v) is 8.52. The van der Waals surface area contributed by atoms with Crippen LogP contribution >= 0.6 is 0 Å². The van der Waals surface area contributed by atoms with Crippen LogP contribution in [0.25, 0.3) is 10.9 Å². The molecule has 0 aliphatic carbocycles. The Morgan fingerprint density at radius 2 is 1.74 bits per heavy atom. The molecular formula is C19H19N3O5. The van der Waals surface area contributed by atoms with Gasteiger partial charge in [-0.1, -0.05) is 36.4 Å². The zero-order chi connectivity index (χ0) is 19.1. The number of nitrogens with zero attached hydrogens (tertiary/aromatic N) is 3. The third-order valence-electron chi connectivity index (χ3n) is 3.63. The van der Waals surface area contributed by atoms with Crippen molar-refractivity contribution < 1.29 is 19.0 Å². The fraction of sp³-hybridized carbons (Fsp3) is 0.263. The molecule has 0 saturated heterocycles. The number of carbonyl (C=O) groups is 1. The average Bonchev–Trinajstić information content (AvgIpc) is 2.71. The van der Waals surface area contributed by atoms with E-state index in [0.29, 0.717) is 29.0 Å². The third-order valence-corrected chi connectivity index (χ3v) is 3.63. The Bertz CT molecular complexity index is 986. The minimum Gasteiger partial charge on any atom is -0.490 e. The quantitative estimate of drug-likeness (QED) is 0.562. The fourth-order valence-electron chi connectivity index (χ4n) is 2.32. The smallest absolute Gasteiger partial charge is 0.345 e. The monoisotopic (exact) mass is 369 g/mol. The Kier molecular flexibility index (Phi) is 5.98. The fourth-order valence-corrected chi connectivity index (χ4v) is 2.32. The molecule has 140 valence electrons. The van der Waals surface area contributed by atoms with E-state index < -0.39 is 5.97 Å². The largest absolute Gasteiger partial charge is 0.490 e. The number of carbonyl (C=O) groups excluding carboxylic acids is 1. The molecule has 0 aliphatic rings. The van der Waals surface area contributed by atoms with Crippen LogP contribution in [0.3, 0.4) is 0 Å². The highest BCUT2D eigenvalue weighted by Crippen LogP contribution is 2.26. The summed E-state index contributed by atoms with van der Waals surface area (Å²) in [6.45, 7) is 1.89. The number of aromatic nitrogens is 3. The Morgan fingerprint density at radius 3 is 2.52 bits per heavy atom. The van der Waals surface area contributed by atoms with Crippen LogP contribution in [-0.2, 0) is 16.3 Å². The van der Waals surface area contributed by atoms with Crippen LogP contribution in [0, 0.1) is 0 Å². The minimum atomic E-state index is -0.637. The van der Waals surface area contributed by atoms with Crippen molar-refractivity contribution in [2.75, 3.05) is 13.2 Å². The van der Waals surface area contributed by atoms with Gasteiger partial charge in [0.25, 0.3) is 5.56 Å². The molecule has 0 N–H and O–H groups in total. The molecule has 0 radical (unpaired) electrons. The van der Waals surface area contributed by atoms with Crippen LogP contribution < -0.4 is 15.0 Å². The molecular weight excluding hydrogens is 350 g/mol. The van der Waals surface area contributed by atoms with E-state index in [-0.39, 0.29) is 18.9 Å². The zero-order valence-electron chi connectivity index (χ0n) is 14.8. The molecule has 0 amide bonds. The summed E-state index contributed by atoms with van der Waals surface area (Å²) in [6.07, 6.45) is 0.859. The molecule has 8 nitrogen and oxygen atoms in total. The molecule has 0 fully saturated rings. The Morgan fingerprint density at radius 1 is 1.04 bits per heavy atom. The molecule has 0 unspecified atom stereocenters. The number of fused-ring (bicyclic) bond motifs is 1. The Balaban J connectivity index is 1.58. The van der Waals surface area contributed by atoms with E-state index in [1.54, 1.807) is 42.5 Å². The first kappa shape index (κ1) is 18.4. The first-order chi connectivity index (χ1) is 13.2. The van der Waals surface area contributed by atoms with Crippen LogP contribution in [-0.4, -0.2) is 34.2 Å². The normalized spacial score (nSPS) is 10.6. The number of hydrogen-bond acceptors (Lipinski definition) is 7. The van der Waals surface area contributed by atoms with Gasteiger partial charge < -0.3 is 14.2 Å². The summed E-state index contributed by atoms with van der Waals surface area (Å²) < 4.78 is 17.1. The van der Waals surface area contributed by atoms with Crippen molar-refractivity contribution >= 4 is 16.9 Å². The van der Waals surface area contributed by atoms with Gasteiger partial charge in [-0.25, -0.2) is 4.79 Å². The number of benzene rings is 2. The van der Waals surface area contributed by atoms with Gasteiger partial charge in [0.1, 0.15) is 5.52 Å². The van der Waals surface area contributed by atoms with Crippen LogP contribution in [0.15, 0.2) is 53.3 Å². The maximum absolute atomic E-state index is 12.3. The summed E-state index contributed by atoms with van der Waals surface area (Å²) in [5.74, 6) is 0.372. The molecule has 0 atom stereocenters. The van der Waals surface area contributed by atoms with E-state index in [4.69, 9.17) is 14.2 Å². The zero-order valence-corrected chi connectivity index (χ0v) is 14.8. The second-order valence-corrected chi connectivity index (χ2v) is 5.64. The van der Waals surface area contributed by atoms with Gasteiger partial charge in [0.05, 0.1) is 12.0 Å². The van der Waals surface area contributed by atoms with Crippen molar-refractivity contribution in [2.24, 2.45) is 0 Å². The lowest BCUT2D eigenvalue weighted by Gasteiger charge is -2.12. The molecule has 0 spiro atoms. The van der Waals surface area contributed by atoms with Crippen LogP contribution in [0.1, 0.15) is 13.3 Å². The molecule has 8 heteroatoms. The van der Waals surface area contributed by atoms with Crippen LogP contribution in [0.5, 0.6) is 11.5 Å². The minimum absolute atomic E-state index is 0.317. The second kappa shape index (κ2) is 8.79. The number of esters is 1. The maximum Gasteiger partial charge on any atom is 0.345 e. The third kappa shape index (κ3) is 4.60. The molecule has 3 rings (SSSR count). The van der Waals surface area contributed by atoms with E-state index in [2.05, 4.69) is 10.3 Å². The predicted octanol–water partition coefficient (Wildman–Crippen LogP) is 2.16. The van der Waals surface area contributed by atoms with Gasteiger partial charge in [0.15, 0.2) is 24.8 Å². The molecule has 1 aromatic heterocycles.